The minimum Gasteiger partial charge on any atom is -0.322 e. The van der Waals surface area contributed by atoms with Gasteiger partial charge in [0, 0.05) is 33.2 Å². The molecule has 2 amide bonds. The molecule has 59 heavy (non-hydrogen) atoms. The molecule has 0 aliphatic carbocycles. The maximum Gasteiger partial charge on any atom is 0.469 e. The molecule has 8 N–H and O–H groups in total. The average molecular weight is 894 g/mol. The second-order valence-corrected chi connectivity index (χ2v) is 17.7. The lowest BCUT2D eigenvalue weighted by Gasteiger charge is -2.17. The van der Waals surface area contributed by atoms with Crippen LogP contribution in [0.25, 0.3) is 10.8 Å². The van der Waals surface area contributed by atoms with Crippen molar-refractivity contribution in [2.45, 2.75) is 28.5 Å². The number of hydrogen-bond donors (Lipinski definition) is 8. The zero-order chi connectivity index (χ0) is 43.8. The van der Waals surface area contributed by atoms with Crippen LogP contribution in [-0.2, 0) is 49.0 Å². The summed E-state index contributed by atoms with van der Waals surface area (Å²) in [7, 11) is -20.9. The van der Waals surface area contributed by atoms with Crippen LogP contribution in [0.2, 0.25) is 0 Å². The molecule has 1 heterocycles. The summed E-state index contributed by atoms with van der Waals surface area (Å²) in [5.74, 6) is -2.86. The van der Waals surface area contributed by atoms with Gasteiger partial charge in [-0.05, 0) is 74.0 Å². The predicted molar refractivity (Wildman–Crippen MR) is 207 cm³/mol. The van der Waals surface area contributed by atoms with Gasteiger partial charge in [0.1, 0.15) is 9.79 Å². The van der Waals surface area contributed by atoms with Crippen molar-refractivity contribution in [1.29, 1.82) is 0 Å². The third kappa shape index (κ3) is 10.2. The van der Waals surface area contributed by atoms with Crippen molar-refractivity contribution in [3.63, 3.8) is 0 Å². The number of hydrazone groups is 1. The van der Waals surface area contributed by atoms with Crippen LogP contribution in [-0.4, -0.2) is 90.7 Å². The first-order chi connectivity index (χ1) is 27.3. The molecule has 1 aliphatic rings. The monoisotopic (exact) mass is 893 g/mol. The van der Waals surface area contributed by atoms with E-state index in [-0.39, 0.29) is 45.9 Å². The lowest BCUT2D eigenvalue weighted by molar-refractivity contribution is -0.113. The van der Waals surface area contributed by atoms with Crippen molar-refractivity contribution < 1.29 is 77.0 Å². The Bertz CT molecular complexity index is 2990. The van der Waals surface area contributed by atoms with E-state index < -0.39 is 99.1 Å². The summed E-state index contributed by atoms with van der Waals surface area (Å²) in [6.07, 6.45) is 0.162. The van der Waals surface area contributed by atoms with Gasteiger partial charge in [0.2, 0.25) is 5.78 Å². The van der Waals surface area contributed by atoms with Crippen LogP contribution in [0.1, 0.15) is 33.2 Å². The van der Waals surface area contributed by atoms with Crippen LogP contribution in [0.15, 0.2) is 103 Å². The van der Waals surface area contributed by atoms with Gasteiger partial charge in [0.15, 0.2) is 12.1 Å². The quantitative estimate of drug-likeness (QED) is 0.0314. The minimum absolute atomic E-state index is 0.0181. The summed E-state index contributed by atoms with van der Waals surface area (Å²) in [6, 6.07) is 11.9. The highest BCUT2D eigenvalue weighted by molar-refractivity contribution is 7.87. The van der Waals surface area contributed by atoms with E-state index in [0.29, 0.717) is 23.8 Å². The Balaban J connectivity index is 1.44. The zero-order valence-corrected chi connectivity index (χ0v) is 33.2. The van der Waals surface area contributed by atoms with E-state index in [1.807, 2.05) is 0 Å². The van der Waals surface area contributed by atoms with Crippen molar-refractivity contribution >= 4 is 101 Å². The lowest BCUT2D eigenvalue weighted by atomic mass is 9.99. The van der Waals surface area contributed by atoms with Gasteiger partial charge in [-0.1, -0.05) is 12.1 Å². The average Bonchev–Trinajstić information content (AvgIpc) is 3.13. The van der Waals surface area contributed by atoms with E-state index in [1.54, 1.807) is 6.92 Å². The Morgan fingerprint density at radius 3 is 2.03 bits per heavy atom. The van der Waals surface area contributed by atoms with Gasteiger partial charge in [0.25, 0.3) is 42.2 Å². The molecule has 0 spiro atoms. The number of nitrogens with zero attached hydrogens (tertiary/aromatic N) is 2. The summed E-state index contributed by atoms with van der Waals surface area (Å²) in [6.45, 7) is 1.95. The molecule has 0 saturated heterocycles. The fourth-order valence-electron chi connectivity index (χ4n) is 5.45. The Labute approximate surface area is 333 Å². The third-order valence-corrected chi connectivity index (χ3v) is 11.3. The van der Waals surface area contributed by atoms with Gasteiger partial charge in [-0.3, -0.25) is 42.8 Å². The molecule has 0 aromatic heterocycles. The van der Waals surface area contributed by atoms with Gasteiger partial charge < -0.3 is 20.4 Å². The number of aryl methyl sites for hydroxylation is 1. The molecule has 0 unspecified atom stereocenters. The minimum atomic E-state index is -5.41. The maximum atomic E-state index is 13.5. The van der Waals surface area contributed by atoms with E-state index in [4.69, 9.17) is 9.79 Å². The number of ketones is 1. The molecule has 1 aliphatic heterocycles. The van der Waals surface area contributed by atoms with Gasteiger partial charge in [-0.2, -0.15) is 30.4 Å². The first-order valence-corrected chi connectivity index (χ1v) is 21.8. The van der Waals surface area contributed by atoms with E-state index in [9.17, 15) is 62.7 Å². The van der Waals surface area contributed by atoms with E-state index >= 15 is 0 Å². The van der Waals surface area contributed by atoms with Crippen LogP contribution >= 0.6 is 7.82 Å². The first-order valence-electron chi connectivity index (χ1n) is 16.0. The fraction of sp³-hybridized carbons (Fsp3) is 0.0909. The molecule has 310 valence electrons. The number of anilines is 3. The highest BCUT2D eigenvalue weighted by atomic mass is 32.2. The number of amidine groups is 1. The number of allylic oxidation sites excluding steroid dienone is 1. The second-order valence-electron chi connectivity index (χ2n) is 12.2. The smallest absolute Gasteiger partial charge is 0.322 e. The Hall–Kier alpha value is -5.86. The largest absolute Gasteiger partial charge is 0.469 e. The van der Waals surface area contributed by atoms with Gasteiger partial charge >= 0.3 is 7.82 Å². The molecule has 4 aromatic carbocycles. The lowest BCUT2D eigenvalue weighted by Crippen LogP contribution is -2.27. The Kier molecular flexibility index (Phi) is 12.3. The third-order valence-electron chi connectivity index (χ3n) is 8.21. The normalized spacial score (nSPS) is 14.6. The van der Waals surface area contributed by atoms with Crippen LogP contribution in [0, 0.1) is 6.92 Å². The maximum absolute atomic E-state index is 13.5. The number of rotatable bonds is 13. The molecule has 22 nitrogen and oxygen atoms in total. The summed E-state index contributed by atoms with van der Waals surface area (Å²) >= 11 is 0. The summed E-state index contributed by atoms with van der Waals surface area (Å²) in [5, 5.41) is 7.40. The van der Waals surface area contributed by atoms with Gasteiger partial charge in [0.05, 0.1) is 34.2 Å². The van der Waals surface area contributed by atoms with Crippen molar-refractivity contribution in [2.75, 3.05) is 22.7 Å². The van der Waals surface area contributed by atoms with Crippen LogP contribution in [0.3, 0.4) is 0 Å². The molecular weight excluding hydrogens is 866 g/mol. The number of fused-ring (bicyclic) bond motifs is 1. The summed E-state index contributed by atoms with van der Waals surface area (Å²) in [5.41, 5.74) is 1.63. The number of carbonyl (C=O) groups is 4. The number of Topliss-reactive ketones (excluding diaryl/α,β-unsaturated/α-hetero) is 1. The van der Waals surface area contributed by atoms with Crippen molar-refractivity contribution in [1.82, 2.24) is 0 Å². The molecule has 0 atom stereocenters. The number of phosphoric acid groups is 1. The number of carbonyl (C=O) groups excluding carboxylic acids is 4. The number of phosphoric ester groups is 1. The number of benzene rings is 4. The van der Waals surface area contributed by atoms with Crippen molar-refractivity contribution in [3.05, 3.63) is 94.6 Å². The summed E-state index contributed by atoms with van der Waals surface area (Å²) < 4.78 is 118. The highest BCUT2D eigenvalue weighted by Crippen LogP contribution is 2.38. The molecule has 4 aromatic rings. The van der Waals surface area contributed by atoms with Crippen LogP contribution < -0.4 is 16.1 Å². The van der Waals surface area contributed by atoms with Crippen LogP contribution in [0.5, 0.6) is 0 Å². The van der Waals surface area contributed by atoms with Crippen LogP contribution in [0.4, 0.5) is 17.1 Å². The van der Waals surface area contributed by atoms with Gasteiger partial charge in [-0.15, -0.1) is 0 Å². The van der Waals surface area contributed by atoms with E-state index in [1.165, 1.54) is 49.4 Å². The number of nitrogens with one attached hydrogen (secondary N) is 3. The topological polar surface area (TPSA) is 359 Å². The van der Waals surface area contributed by atoms with Crippen molar-refractivity contribution in [3.8, 4) is 0 Å². The number of aldehydes is 1. The zero-order valence-electron chi connectivity index (χ0n) is 29.8. The van der Waals surface area contributed by atoms with Gasteiger partial charge in [-0.25, -0.2) is 9.56 Å². The molecular formula is C33H28N5O17PS3. The van der Waals surface area contributed by atoms with E-state index in [2.05, 4.69) is 30.7 Å². The fourth-order valence-corrected chi connectivity index (χ4v) is 7.79. The molecule has 0 fully saturated rings. The molecule has 0 bridgehead atoms. The predicted octanol–water partition coefficient (Wildman–Crippen LogP) is 2.77. The molecule has 26 heteroatoms. The Morgan fingerprint density at radius 1 is 0.814 bits per heavy atom. The molecule has 5 rings (SSSR count). The second kappa shape index (κ2) is 16.4. The molecule has 0 radical (unpaired) electrons. The van der Waals surface area contributed by atoms with Crippen molar-refractivity contribution in [2.24, 2.45) is 10.1 Å². The standard InChI is InChI=1S/C33H28N5O17PS3/c1-16-6-7-19(33(42)35-25-8-9-27(58(49,50)51)22-12-21(57(46,47)48)13-28(29(22)25)59(52,53)54)11-26(16)36-32(41)18-4-3-5-20(10-18)37-38-31-24(15-55-56(43,44)45)23(14-39)30(40)17(2)34-31/h3-14,37H,15H2,1-2H3,(H,35,42)(H,36,41)(H2,43,44,45)(H,46,47,48)(H,49,50,51)(H,52,53,54)/b38-31+. The van der Waals surface area contributed by atoms with E-state index in [0.717, 1.165) is 6.07 Å². The SMILES string of the molecule is CC1=N/C(=N/Nc2cccc(C(=O)Nc3cc(C(=O)Nc4ccc(S(=O)(=O)O)c5cc(S(=O)(=O)O)cc(S(=O)(=O)O)c45)ccc3C)c2)C(COP(=O)(O)O)=C(C=O)C1=O. The number of dihydropyridines is 1. The highest BCUT2D eigenvalue weighted by Gasteiger charge is 2.30. The summed E-state index contributed by atoms with van der Waals surface area (Å²) in [4.78, 5) is 69.8. The number of hydrogen-bond acceptors (Lipinski definition) is 14. The first kappa shape index (κ1) is 44.2. The number of aliphatic imine (C=N–C) groups is 1. The Morgan fingerprint density at radius 2 is 1.44 bits per heavy atom. The molecule has 0 saturated carbocycles. The number of amides is 2.